The Morgan fingerprint density at radius 3 is 2.84 bits per heavy atom. The Hall–Kier alpha value is -3.06. The quantitative estimate of drug-likeness (QED) is 0.445. The monoisotopic (exact) mass is 432 g/mol. The number of halogens is 1. The van der Waals surface area contributed by atoms with E-state index in [0.717, 1.165) is 25.0 Å². The number of carbonyl (C=O) groups is 1. The van der Waals surface area contributed by atoms with Gasteiger partial charge >= 0.3 is 0 Å². The van der Waals surface area contributed by atoms with Crippen molar-refractivity contribution in [2.24, 2.45) is 0 Å². The number of hydrogen-bond donors (Lipinski definition) is 0. The molecule has 1 aliphatic heterocycles. The van der Waals surface area contributed by atoms with Gasteiger partial charge in [-0.2, -0.15) is 5.10 Å². The first-order valence-electron chi connectivity index (χ1n) is 10.6. The largest absolute Gasteiger partial charge is 0.330 e. The molecule has 6 rings (SSSR count). The lowest BCUT2D eigenvalue weighted by Gasteiger charge is -2.33. The van der Waals surface area contributed by atoms with Crippen molar-refractivity contribution in [1.29, 1.82) is 0 Å². The molecule has 0 spiro atoms. The highest BCUT2D eigenvalue weighted by molar-refractivity contribution is 7.10. The molecule has 1 saturated carbocycles. The molecule has 0 radical (unpaired) electrons. The first kappa shape index (κ1) is 18.7. The molecule has 5 nitrogen and oxygen atoms in total. The van der Waals surface area contributed by atoms with Gasteiger partial charge in [-0.15, -0.1) is 11.3 Å². The third kappa shape index (κ3) is 3.07. The second-order valence-corrected chi connectivity index (χ2v) is 9.34. The zero-order valence-corrected chi connectivity index (χ0v) is 17.9. The zero-order valence-electron chi connectivity index (χ0n) is 17.1. The zero-order chi connectivity index (χ0) is 21.1. The summed E-state index contributed by atoms with van der Waals surface area (Å²) in [5, 5.41) is 6.74. The summed E-state index contributed by atoms with van der Waals surface area (Å²) in [6.07, 6.45) is 3.02. The fourth-order valence-electron chi connectivity index (χ4n) is 4.51. The molecule has 0 saturated heterocycles. The second-order valence-electron chi connectivity index (χ2n) is 8.34. The van der Waals surface area contributed by atoms with Gasteiger partial charge in [0.15, 0.2) is 5.65 Å². The van der Waals surface area contributed by atoms with E-state index in [-0.39, 0.29) is 17.8 Å². The van der Waals surface area contributed by atoms with Gasteiger partial charge in [0.2, 0.25) is 0 Å². The standard InChI is InChI=1S/C24H21FN4OS/c1-14-16-9-11-31-22(16)8-10-28(14)24(30)20-12-21(15-6-7-15)29-23(26-20)13-19(27-29)17-4-2-3-5-18(17)25/h2-5,9,11-15H,6-8,10H2,1H3. The summed E-state index contributed by atoms with van der Waals surface area (Å²) in [5.41, 5.74) is 4.23. The molecule has 2 aliphatic rings. The number of amides is 1. The minimum absolute atomic E-state index is 0.0313. The predicted octanol–water partition coefficient (Wildman–Crippen LogP) is 5.23. The van der Waals surface area contributed by atoms with Gasteiger partial charge in [-0.1, -0.05) is 12.1 Å². The van der Waals surface area contributed by atoms with Crippen molar-refractivity contribution in [3.8, 4) is 11.3 Å². The van der Waals surface area contributed by atoms with E-state index in [1.165, 1.54) is 16.5 Å². The molecule has 31 heavy (non-hydrogen) atoms. The molecule has 1 fully saturated rings. The topological polar surface area (TPSA) is 50.5 Å². The highest BCUT2D eigenvalue weighted by atomic mass is 32.1. The third-order valence-corrected chi connectivity index (χ3v) is 7.35. The van der Waals surface area contributed by atoms with E-state index in [2.05, 4.69) is 28.5 Å². The third-order valence-electron chi connectivity index (χ3n) is 6.36. The van der Waals surface area contributed by atoms with E-state index >= 15 is 0 Å². The normalized spacial score (nSPS) is 18.4. The SMILES string of the molecule is CC1c2ccsc2CCN1C(=O)c1cc(C2CC2)n2nc(-c3ccccc3F)cc2n1. The van der Waals surface area contributed by atoms with E-state index in [1.807, 2.05) is 11.0 Å². The molecule has 1 amide bonds. The molecule has 4 heterocycles. The maximum atomic E-state index is 14.3. The van der Waals surface area contributed by atoms with Gasteiger partial charge in [-0.3, -0.25) is 4.79 Å². The van der Waals surface area contributed by atoms with Crippen LogP contribution in [0.4, 0.5) is 4.39 Å². The van der Waals surface area contributed by atoms with E-state index < -0.39 is 0 Å². The van der Waals surface area contributed by atoms with Crippen LogP contribution in [0.15, 0.2) is 47.8 Å². The van der Waals surface area contributed by atoms with Crippen LogP contribution in [-0.4, -0.2) is 31.9 Å². The molecular weight excluding hydrogens is 411 g/mol. The number of carbonyl (C=O) groups excluding carboxylic acids is 1. The van der Waals surface area contributed by atoms with Crippen LogP contribution in [0.2, 0.25) is 0 Å². The lowest BCUT2D eigenvalue weighted by molar-refractivity contribution is 0.0673. The Morgan fingerprint density at radius 2 is 2.03 bits per heavy atom. The first-order valence-corrected chi connectivity index (χ1v) is 11.5. The number of nitrogens with zero attached hydrogens (tertiary/aromatic N) is 4. The maximum absolute atomic E-state index is 14.3. The number of aromatic nitrogens is 3. The molecule has 1 aromatic carbocycles. The van der Waals surface area contributed by atoms with Crippen LogP contribution in [0, 0.1) is 5.82 Å². The fourth-order valence-corrected chi connectivity index (χ4v) is 5.47. The maximum Gasteiger partial charge on any atom is 0.273 e. The number of fused-ring (bicyclic) bond motifs is 2. The Morgan fingerprint density at radius 1 is 1.19 bits per heavy atom. The fraction of sp³-hybridized carbons (Fsp3) is 0.292. The molecule has 1 atom stereocenters. The number of benzene rings is 1. The summed E-state index contributed by atoms with van der Waals surface area (Å²) in [7, 11) is 0. The van der Waals surface area contributed by atoms with Crippen LogP contribution < -0.4 is 0 Å². The first-order chi connectivity index (χ1) is 15.1. The van der Waals surface area contributed by atoms with E-state index in [4.69, 9.17) is 0 Å². The lowest BCUT2D eigenvalue weighted by Crippen LogP contribution is -2.38. The Kier molecular flexibility index (Phi) is 4.21. The molecule has 0 N–H and O–H groups in total. The van der Waals surface area contributed by atoms with E-state index in [1.54, 1.807) is 40.1 Å². The number of hydrogen-bond acceptors (Lipinski definition) is 4. The van der Waals surface area contributed by atoms with E-state index in [0.29, 0.717) is 35.1 Å². The predicted molar refractivity (Wildman–Crippen MR) is 118 cm³/mol. The molecule has 3 aromatic heterocycles. The summed E-state index contributed by atoms with van der Waals surface area (Å²) in [4.78, 5) is 21.4. The number of rotatable bonds is 3. The second kappa shape index (κ2) is 6.99. The summed E-state index contributed by atoms with van der Waals surface area (Å²) in [5.74, 6) is -0.000968. The Balaban J connectivity index is 1.43. The molecule has 0 bridgehead atoms. The summed E-state index contributed by atoms with van der Waals surface area (Å²) in [6, 6.07) is 12.4. The lowest BCUT2D eigenvalue weighted by atomic mass is 10.0. The number of thiophene rings is 1. The average molecular weight is 433 g/mol. The van der Waals surface area contributed by atoms with Crippen molar-refractivity contribution in [1.82, 2.24) is 19.5 Å². The van der Waals surface area contributed by atoms with Gasteiger partial charge in [0.05, 0.1) is 11.7 Å². The highest BCUT2D eigenvalue weighted by Gasteiger charge is 2.33. The van der Waals surface area contributed by atoms with Gasteiger partial charge in [0.1, 0.15) is 11.5 Å². The van der Waals surface area contributed by atoms with Crippen molar-refractivity contribution >= 4 is 22.9 Å². The molecule has 156 valence electrons. The molecule has 4 aromatic rings. The van der Waals surface area contributed by atoms with Crippen molar-refractivity contribution in [3.63, 3.8) is 0 Å². The highest BCUT2D eigenvalue weighted by Crippen LogP contribution is 2.41. The van der Waals surface area contributed by atoms with Crippen LogP contribution in [0.25, 0.3) is 16.9 Å². The minimum atomic E-state index is -0.316. The van der Waals surface area contributed by atoms with Crippen molar-refractivity contribution in [2.45, 2.75) is 38.1 Å². The summed E-state index contributed by atoms with van der Waals surface area (Å²) >= 11 is 1.76. The summed E-state index contributed by atoms with van der Waals surface area (Å²) < 4.78 is 16.1. The molecule has 1 aliphatic carbocycles. The van der Waals surface area contributed by atoms with Crippen molar-refractivity contribution in [3.05, 3.63) is 75.5 Å². The summed E-state index contributed by atoms with van der Waals surface area (Å²) in [6.45, 7) is 2.77. The van der Waals surface area contributed by atoms with Crippen LogP contribution in [0.3, 0.4) is 0 Å². The van der Waals surface area contributed by atoms with Crippen LogP contribution in [-0.2, 0) is 6.42 Å². The van der Waals surface area contributed by atoms with Gasteiger partial charge in [0, 0.05) is 34.7 Å². The van der Waals surface area contributed by atoms with Gasteiger partial charge < -0.3 is 4.90 Å². The van der Waals surface area contributed by atoms with Crippen molar-refractivity contribution < 1.29 is 9.18 Å². The van der Waals surface area contributed by atoms with Gasteiger partial charge in [-0.25, -0.2) is 13.9 Å². The van der Waals surface area contributed by atoms with Crippen LogP contribution in [0.1, 0.15) is 58.3 Å². The smallest absolute Gasteiger partial charge is 0.273 e. The average Bonchev–Trinajstić information content (AvgIpc) is 3.34. The molecular formula is C24H21FN4OS. The van der Waals surface area contributed by atoms with Gasteiger partial charge in [-0.05, 0) is 61.4 Å². The molecule has 7 heteroatoms. The Labute approximate surface area is 183 Å². The van der Waals surface area contributed by atoms with E-state index in [9.17, 15) is 9.18 Å². The minimum Gasteiger partial charge on any atom is -0.330 e. The van der Waals surface area contributed by atoms with Crippen LogP contribution >= 0.6 is 11.3 Å². The van der Waals surface area contributed by atoms with Gasteiger partial charge in [0.25, 0.3) is 5.91 Å². The van der Waals surface area contributed by atoms with Crippen LogP contribution in [0.5, 0.6) is 0 Å². The van der Waals surface area contributed by atoms with Crippen molar-refractivity contribution in [2.75, 3.05) is 6.54 Å². The Bertz CT molecular complexity index is 1320. The molecule has 1 unspecified atom stereocenters.